The van der Waals surface area contributed by atoms with E-state index in [1.807, 2.05) is 0 Å². The molecule has 1 N–H and O–H groups in total. The van der Waals surface area contributed by atoms with Gasteiger partial charge in [-0.05, 0) is 18.2 Å². The molecule has 6 heteroatoms. The first-order valence-corrected chi connectivity index (χ1v) is 5.18. The molecule has 0 fully saturated rings. The monoisotopic (exact) mass is 253 g/mol. The summed E-state index contributed by atoms with van der Waals surface area (Å²) in [6, 6.07) is 3.66. The number of nitrogens with zero attached hydrogens (tertiary/aromatic N) is 2. The van der Waals surface area contributed by atoms with Gasteiger partial charge in [0.1, 0.15) is 5.82 Å². The molecule has 1 aromatic heterocycles. The summed E-state index contributed by atoms with van der Waals surface area (Å²) in [6.07, 6.45) is 3.14. The zero-order valence-corrected chi connectivity index (χ0v) is 9.70. The highest BCUT2D eigenvalue weighted by molar-refractivity contribution is 6.31. The van der Waals surface area contributed by atoms with Crippen LogP contribution in [-0.2, 0) is 7.05 Å². The molecule has 2 aromatic rings. The summed E-state index contributed by atoms with van der Waals surface area (Å²) in [4.78, 5) is 11.8. The van der Waals surface area contributed by atoms with E-state index in [2.05, 4.69) is 10.4 Å². The van der Waals surface area contributed by atoms with Crippen LogP contribution in [0.2, 0.25) is 5.02 Å². The predicted octanol–water partition coefficient (Wildman–Crippen LogP) is 2.46. The fraction of sp³-hybridized carbons (Fsp3) is 0.0909. The molecule has 0 spiro atoms. The first kappa shape index (κ1) is 11.6. The second kappa shape index (κ2) is 4.55. The van der Waals surface area contributed by atoms with Crippen LogP contribution in [-0.4, -0.2) is 15.7 Å². The van der Waals surface area contributed by atoms with Gasteiger partial charge in [-0.25, -0.2) is 4.39 Å². The van der Waals surface area contributed by atoms with Crippen LogP contribution in [0.25, 0.3) is 0 Å². The van der Waals surface area contributed by atoms with E-state index in [1.165, 1.54) is 12.3 Å². The van der Waals surface area contributed by atoms with Gasteiger partial charge in [0.05, 0.1) is 11.9 Å². The Morgan fingerprint density at radius 3 is 2.82 bits per heavy atom. The summed E-state index contributed by atoms with van der Waals surface area (Å²) in [7, 11) is 1.73. The molecule has 1 aromatic carbocycles. The largest absolute Gasteiger partial charge is 0.319 e. The fourth-order valence-corrected chi connectivity index (χ4v) is 1.60. The maximum absolute atomic E-state index is 13.1. The number of anilines is 1. The van der Waals surface area contributed by atoms with Crippen LogP contribution >= 0.6 is 11.6 Å². The molecule has 0 atom stereocenters. The molecule has 1 heterocycles. The lowest BCUT2D eigenvalue weighted by atomic mass is 10.2. The molecule has 0 radical (unpaired) electrons. The Kier molecular flexibility index (Phi) is 3.10. The van der Waals surface area contributed by atoms with E-state index < -0.39 is 11.7 Å². The Hall–Kier alpha value is -1.88. The number of aryl methyl sites for hydroxylation is 1. The first-order valence-electron chi connectivity index (χ1n) is 4.81. The number of halogens is 2. The summed E-state index contributed by atoms with van der Waals surface area (Å²) in [5.41, 5.74) is 0.705. The van der Waals surface area contributed by atoms with Gasteiger partial charge < -0.3 is 5.32 Å². The van der Waals surface area contributed by atoms with Crippen molar-refractivity contribution in [1.29, 1.82) is 0 Å². The molecule has 4 nitrogen and oxygen atoms in total. The van der Waals surface area contributed by atoms with Crippen LogP contribution in [0, 0.1) is 5.82 Å². The van der Waals surface area contributed by atoms with Gasteiger partial charge >= 0.3 is 0 Å². The lowest BCUT2D eigenvalue weighted by Gasteiger charge is -2.03. The highest BCUT2D eigenvalue weighted by Gasteiger charge is 2.09. The summed E-state index contributed by atoms with van der Waals surface area (Å²) >= 11 is 5.66. The van der Waals surface area contributed by atoms with Gasteiger partial charge in [-0.1, -0.05) is 11.6 Å². The van der Waals surface area contributed by atoms with Gasteiger partial charge in [-0.3, -0.25) is 9.48 Å². The molecule has 0 aliphatic carbocycles. The number of carbonyl (C=O) groups excluding carboxylic acids is 1. The Morgan fingerprint density at radius 2 is 2.24 bits per heavy atom. The number of amides is 1. The Labute approximate surface area is 102 Å². The molecule has 88 valence electrons. The third kappa shape index (κ3) is 2.82. The van der Waals surface area contributed by atoms with E-state index in [0.717, 1.165) is 12.1 Å². The zero-order valence-electron chi connectivity index (χ0n) is 8.95. The van der Waals surface area contributed by atoms with Gasteiger partial charge in [-0.2, -0.15) is 5.10 Å². The van der Waals surface area contributed by atoms with Gasteiger partial charge in [0.15, 0.2) is 0 Å². The Bertz CT molecular complexity index is 547. The minimum atomic E-state index is -0.547. The van der Waals surface area contributed by atoms with Crippen molar-refractivity contribution >= 4 is 23.2 Å². The topological polar surface area (TPSA) is 46.9 Å². The normalized spacial score (nSPS) is 10.3. The van der Waals surface area contributed by atoms with Crippen molar-refractivity contribution in [2.45, 2.75) is 0 Å². The Balaban J connectivity index is 2.19. The summed E-state index contributed by atoms with van der Waals surface area (Å²) in [5, 5.41) is 6.67. The summed E-state index contributed by atoms with van der Waals surface area (Å²) in [5.74, 6) is -0.978. The average Bonchev–Trinajstić information content (AvgIpc) is 2.62. The van der Waals surface area contributed by atoms with Crippen LogP contribution in [0.5, 0.6) is 0 Å². The second-order valence-corrected chi connectivity index (χ2v) is 3.95. The van der Waals surface area contributed by atoms with E-state index in [0.29, 0.717) is 5.69 Å². The van der Waals surface area contributed by atoms with Crippen LogP contribution in [0.15, 0.2) is 30.6 Å². The first-order chi connectivity index (χ1) is 8.04. The quantitative estimate of drug-likeness (QED) is 0.894. The van der Waals surface area contributed by atoms with Crippen molar-refractivity contribution in [3.63, 3.8) is 0 Å². The van der Waals surface area contributed by atoms with E-state index in [1.54, 1.807) is 17.9 Å². The SMILES string of the molecule is Cn1cc(NC(=O)c2cc(F)cc(Cl)c2)cn1. The number of nitrogens with one attached hydrogen (secondary N) is 1. The van der Waals surface area contributed by atoms with Gasteiger partial charge in [0, 0.05) is 23.8 Å². The second-order valence-electron chi connectivity index (χ2n) is 3.51. The van der Waals surface area contributed by atoms with E-state index in [4.69, 9.17) is 11.6 Å². The molecule has 17 heavy (non-hydrogen) atoms. The van der Waals surface area contributed by atoms with Gasteiger partial charge in [-0.15, -0.1) is 0 Å². The minimum absolute atomic E-state index is 0.166. The van der Waals surface area contributed by atoms with Crippen LogP contribution < -0.4 is 5.32 Å². The Morgan fingerprint density at radius 1 is 1.47 bits per heavy atom. The maximum atomic E-state index is 13.1. The van der Waals surface area contributed by atoms with Crippen molar-refractivity contribution in [1.82, 2.24) is 9.78 Å². The number of hydrogen-bond acceptors (Lipinski definition) is 2. The van der Waals surface area contributed by atoms with Crippen LogP contribution in [0.3, 0.4) is 0 Å². The third-order valence-electron chi connectivity index (χ3n) is 2.09. The molecule has 0 aliphatic heterocycles. The van der Waals surface area contributed by atoms with Crippen LogP contribution in [0.4, 0.5) is 10.1 Å². The third-order valence-corrected chi connectivity index (χ3v) is 2.31. The van der Waals surface area contributed by atoms with Crippen molar-refractivity contribution < 1.29 is 9.18 Å². The number of aromatic nitrogens is 2. The number of hydrogen-bond donors (Lipinski definition) is 1. The summed E-state index contributed by atoms with van der Waals surface area (Å²) < 4.78 is 14.6. The minimum Gasteiger partial charge on any atom is -0.319 e. The molecule has 1 amide bonds. The highest BCUT2D eigenvalue weighted by Crippen LogP contribution is 2.15. The highest BCUT2D eigenvalue weighted by atomic mass is 35.5. The fourth-order valence-electron chi connectivity index (χ4n) is 1.37. The van der Waals surface area contributed by atoms with E-state index >= 15 is 0 Å². The van der Waals surface area contributed by atoms with Crippen molar-refractivity contribution in [3.8, 4) is 0 Å². The lowest BCUT2D eigenvalue weighted by molar-refractivity contribution is 0.102. The van der Waals surface area contributed by atoms with E-state index in [-0.39, 0.29) is 10.6 Å². The number of benzene rings is 1. The van der Waals surface area contributed by atoms with Crippen LogP contribution in [0.1, 0.15) is 10.4 Å². The van der Waals surface area contributed by atoms with Gasteiger partial charge in [0.25, 0.3) is 5.91 Å². The van der Waals surface area contributed by atoms with Gasteiger partial charge in [0.2, 0.25) is 0 Å². The molecule has 0 saturated heterocycles. The van der Waals surface area contributed by atoms with Crippen molar-refractivity contribution in [2.24, 2.45) is 7.05 Å². The standard InChI is InChI=1S/C11H9ClFN3O/c1-16-6-10(5-14-16)15-11(17)7-2-8(12)4-9(13)3-7/h2-6H,1H3,(H,15,17). The number of carbonyl (C=O) groups is 1. The summed E-state index contributed by atoms with van der Waals surface area (Å²) in [6.45, 7) is 0. The maximum Gasteiger partial charge on any atom is 0.255 e. The molecule has 0 unspecified atom stereocenters. The molecular formula is C11H9ClFN3O. The van der Waals surface area contributed by atoms with E-state index in [9.17, 15) is 9.18 Å². The predicted molar refractivity (Wildman–Crippen MR) is 62.6 cm³/mol. The molecular weight excluding hydrogens is 245 g/mol. The number of rotatable bonds is 2. The lowest BCUT2D eigenvalue weighted by Crippen LogP contribution is -2.11. The smallest absolute Gasteiger partial charge is 0.255 e. The van der Waals surface area contributed by atoms with Crippen molar-refractivity contribution in [3.05, 3.63) is 47.0 Å². The molecule has 0 aliphatic rings. The molecule has 2 rings (SSSR count). The molecule has 0 saturated carbocycles. The average molecular weight is 254 g/mol. The molecule has 0 bridgehead atoms. The van der Waals surface area contributed by atoms with Crippen molar-refractivity contribution in [2.75, 3.05) is 5.32 Å². The zero-order chi connectivity index (χ0) is 12.4.